The first kappa shape index (κ1) is 29.5. The Morgan fingerprint density at radius 3 is 2.38 bits per heavy atom. The average Bonchev–Trinajstić information content (AvgIpc) is 3.39. The maximum Gasteiger partial charge on any atom is 0.416 e. The average molecular weight is 621 g/mol. The smallest absolute Gasteiger partial charge is 0.382 e. The molecule has 0 amide bonds. The van der Waals surface area contributed by atoms with Gasteiger partial charge in [0.2, 0.25) is 16.0 Å². The van der Waals surface area contributed by atoms with Gasteiger partial charge in [-0.3, -0.25) is 4.57 Å². The van der Waals surface area contributed by atoms with Crippen LogP contribution in [-0.4, -0.2) is 67.2 Å². The first-order chi connectivity index (χ1) is 18.7. The second-order valence-corrected chi connectivity index (χ2v) is 11.0. The van der Waals surface area contributed by atoms with E-state index in [1.165, 1.54) is 28.9 Å². The molecule has 40 heavy (non-hydrogen) atoms. The number of alkyl halides is 3. The minimum atomic E-state index is -4.98. The molecule has 0 aliphatic carbocycles. The Balaban J connectivity index is 1.74. The van der Waals surface area contributed by atoms with Crippen molar-refractivity contribution in [2.24, 2.45) is 5.14 Å². The van der Waals surface area contributed by atoms with Crippen LogP contribution in [0.5, 0.6) is 0 Å². The standard InChI is InChI=1S/C22H21Cl2F3N8O4S/c23-14-7-5-13(6-8-14)19-32-34(21(37)33(19)11-17(36)22(25,26)27)12-18-30-20(29-9-10-40(28,38)39)35(31-18)16-4-2-1-3-15(16)24/h1-8,17,36H,9-12H2,(H2,28,38,39)(H,29,30,31)/t17-/m0/s1. The molecule has 0 aliphatic rings. The largest absolute Gasteiger partial charge is 0.416 e. The SMILES string of the molecule is NS(=O)(=O)CCNc1nc(Cn2nc(-c3ccc(Cl)cc3)n(C[C@H](O)C(F)(F)F)c2=O)nn1-c1ccccc1Cl. The number of primary sulfonamides is 1. The fraction of sp³-hybridized carbons (Fsp3) is 0.273. The molecular formula is C22H21Cl2F3N8O4S. The number of rotatable bonds is 10. The number of aliphatic hydroxyl groups excluding tert-OH is 1. The molecule has 0 bridgehead atoms. The number of nitrogens with two attached hydrogens (primary N) is 1. The third kappa shape index (κ3) is 7.00. The molecule has 4 rings (SSSR count). The number of para-hydroxylation sites is 1. The lowest BCUT2D eigenvalue weighted by molar-refractivity contribution is -0.207. The van der Waals surface area contributed by atoms with Crippen molar-refractivity contribution >= 4 is 39.2 Å². The molecule has 1 atom stereocenters. The third-order valence-corrected chi connectivity index (χ3v) is 6.80. The van der Waals surface area contributed by atoms with Gasteiger partial charge in [0.1, 0.15) is 6.54 Å². The van der Waals surface area contributed by atoms with Crippen molar-refractivity contribution in [1.29, 1.82) is 0 Å². The van der Waals surface area contributed by atoms with Crippen molar-refractivity contribution in [3.63, 3.8) is 0 Å². The van der Waals surface area contributed by atoms with Gasteiger partial charge in [-0.25, -0.2) is 23.0 Å². The summed E-state index contributed by atoms with van der Waals surface area (Å²) in [6.45, 7) is -1.63. The van der Waals surface area contributed by atoms with Gasteiger partial charge in [-0.05, 0) is 36.4 Å². The number of sulfonamides is 1. The molecule has 4 N–H and O–H groups in total. The lowest BCUT2D eigenvalue weighted by atomic mass is 10.2. The molecule has 0 unspecified atom stereocenters. The van der Waals surface area contributed by atoms with Crippen molar-refractivity contribution in [3.05, 3.63) is 74.9 Å². The number of hydrogen-bond acceptors (Lipinski definition) is 8. The summed E-state index contributed by atoms with van der Waals surface area (Å²) in [5.74, 6) is -0.524. The summed E-state index contributed by atoms with van der Waals surface area (Å²) >= 11 is 12.2. The minimum Gasteiger partial charge on any atom is -0.382 e. The molecule has 12 nitrogen and oxygen atoms in total. The summed E-state index contributed by atoms with van der Waals surface area (Å²) in [5.41, 5.74) is -0.324. The van der Waals surface area contributed by atoms with Gasteiger partial charge >= 0.3 is 11.9 Å². The van der Waals surface area contributed by atoms with Gasteiger partial charge in [-0.1, -0.05) is 35.3 Å². The number of aromatic nitrogens is 6. The van der Waals surface area contributed by atoms with Gasteiger partial charge in [-0.2, -0.15) is 22.8 Å². The second-order valence-electron chi connectivity index (χ2n) is 8.45. The van der Waals surface area contributed by atoms with E-state index in [1.807, 2.05) is 0 Å². The number of nitrogens with zero attached hydrogens (tertiary/aromatic N) is 6. The van der Waals surface area contributed by atoms with E-state index in [9.17, 15) is 31.5 Å². The molecule has 2 aromatic heterocycles. The Bertz CT molecular complexity index is 1670. The van der Waals surface area contributed by atoms with Crippen LogP contribution in [0.4, 0.5) is 19.1 Å². The van der Waals surface area contributed by atoms with Gasteiger partial charge in [0.15, 0.2) is 17.8 Å². The minimum absolute atomic E-state index is 0.0104. The van der Waals surface area contributed by atoms with E-state index in [4.69, 9.17) is 28.3 Å². The zero-order valence-electron chi connectivity index (χ0n) is 20.3. The summed E-state index contributed by atoms with van der Waals surface area (Å²) in [4.78, 5) is 17.5. The lowest BCUT2D eigenvalue weighted by Crippen LogP contribution is -2.37. The van der Waals surface area contributed by atoms with Crippen LogP contribution in [0.25, 0.3) is 17.1 Å². The summed E-state index contributed by atoms with van der Waals surface area (Å²) < 4.78 is 64.9. The number of halogens is 5. The van der Waals surface area contributed by atoms with E-state index in [1.54, 1.807) is 24.3 Å². The molecule has 0 saturated heterocycles. The highest BCUT2D eigenvalue weighted by atomic mass is 35.5. The summed E-state index contributed by atoms with van der Waals surface area (Å²) in [6.07, 6.45) is -7.81. The Hall–Kier alpha value is -3.44. The highest BCUT2D eigenvalue weighted by Crippen LogP contribution is 2.25. The molecule has 18 heteroatoms. The van der Waals surface area contributed by atoms with Crippen LogP contribution in [0, 0.1) is 0 Å². The number of hydrogen-bond donors (Lipinski definition) is 3. The maximum absolute atomic E-state index is 13.2. The molecule has 0 spiro atoms. The Morgan fingerprint density at radius 2 is 1.75 bits per heavy atom. The van der Waals surface area contributed by atoms with Crippen LogP contribution < -0.4 is 16.1 Å². The molecule has 4 aromatic rings. The monoisotopic (exact) mass is 620 g/mol. The highest BCUT2D eigenvalue weighted by Gasteiger charge is 2.39. The number of aliphatic hydroxyl groups is 1. The summed E-state index contributed by atoms with van der Waals surface area (Å²) in [7, 11) is -3.79. The van der Waals surface area contributed by atoms with Crippen molar-refractivity contribution in [3.8, 4) is 17.1 Å². The molecule has 214 valence electrons. The quantitative estimate of drug-likeness (QED) is 0.243. The van der Waals surface area contributed by atoms with Crippen LogP contribution in [-0.2, 0) is 23.1 Å². The first-order valence-electron chi connectivity index (χ1n) is 11.4. The van der Waals surface area contributed by atoms with Gasteiger partial charge < -0.3 is 10.4 Å². The van der Waals surface area contributed by atoms with Crippen molar-refractivity contribution in [2.45, 2.75) is 25.4 Å². The Labute approximate surface area is 234 Å². The van der Waals surface area contributed by atoms with Crippen molar-refractivity contribution < 1.29 is 26.7 Å². The highest BCUT2D eigenvalue weighted by molar-refractivity contribution is 7.89. The van der Waals surface area contributed by atoms with Crippen molar-refractivity contribution in [2.75, 3.05) is 17.6 Å². The van der Waals surface area contributed by atoms with E-state index >= 15 is 0 Å². The maximum atomic E-state index is 13.2. The van der Waals surface area contributed by atoms with Crippen molar-refractivity contribution in [1.82, 2.24) is 29.1 Å². The van der Waals surface area contributed by atoms with Crippen LogP contribution in [0.2, 0.25) is 10.0 Å². The van der Waals surface area contributed by atoms with E-state index in [0.29, 0.717) is 15.3 Å². The number of anilines is 1. The summed E-state index contributed by atoms with van der Waals surface area (Å²) in [5, 5.41) is 26.7. The predicted molar refractivity (Wildman–Crippen MR) is 141 cm³/mol. The topological polar surface area (TPSA) is 163 Å². The van der Waals surface area contributed by atoms with Crippen LogP contribution in [0.15, 0.2) is 53.3 Å². The van der Waals surface area contributed by atoms with Crippen LogP contribution in [0.3, 0.4) is 0 Å². The molecule has 0 fully saturated rings. The molecule has 0 aliphatic heterocycles. The molecular weight excluding hydrogens is 600 g/mol. The fourth-order valence-electron chi connectivity index (χ4n) is 3.56. The number of benzene rings is 2. The zero-order chi connectivity index (χ0) is 29.2. The lowest BCUT2D eigenvalue weighted by Gasteiger charge is -2.15. The summed E-state index contributed by atoms with van der Waals surface area (Å²) in [6, 6.07) is 12.4. The fourth-order valence-corrected chi connectivity index (χ4v) is 4.29. The third-order valence-electron chi connectivity index (χ3n) is 5.45. The van der Waals surface area contributed by atoms with Gasteiger partial charge in [0.25, 0.3) is 0 Å². The van der Waals surface area contributed by atoms with E-state index in [2.05, 4.69) is 20.5 Å². The first-order valence-corrected chi connectivity index (χ1v) is 13.8. The normalized spacial score (nSPS) is 13.0. The van der Waals surface area contributed by atoms with E-state index in [0.717, 1.165) is 4.68 Å². The molecule has 0 radical (unpaired) electrons. The van der Waals surface area contributed by atoms with Crippen LogP contribution in [0.1, 0.15) is 5.82 Å². The van der Waals surface area contributed by atoms with Gasteiger partial charge in [-0.15, -0.1) is 10.2 Å². The molecule has 0 saturated carbocycles. The molecule has 2 aromatic carbocycles. The Kier molecular flexibility index (Phi) is 8.55. The predicted octanol–water partition coefficient (Wildman–Crippen LogP) is 2.27. The van der Waals surface area contributed by atoms with E-state index < -0.39 is 46.8 Å². The number of nitrogens with one attached hydrogen (secondary N) is 1. The zero-order valence-corrected chi connectivity index (χ0v) is 22.6. The van der Waals surface area contributed by atoms with E-state index in [-0.39, 0.29) is 34.7 Å². The Morgan fingerprint density at radius 1 is 1.07 bits per heavy atom. The van der Waals surface area contributed by atoms with Gasteiger partial charge in [0, 0.05) is 17.1 Å². The van der Waals surface area contributed by atoms with Crippen LogP contribution >= 0.6 is 23.2 Å². The molecule has 2 heterocycles. The van der Waals surface area contributed by atoms with Gasteiger partial charge in [0.05, 0.1) is 23.0 Å². The second kappa shape index (κ2) is 11.6.